The Hall–Kier alpha value is -2.57. The summed E-state index contributed by atoms with van der Waals surface area (Å²) in [4.78, 5) is 14.5. The highest BCUT2D eigenvalue weighted by Crippen LogP contribution is 2.26. The molecule has 0 saturated heterocycles. The number of nitrogens with one attached hydrogen (secondary N) is 1. The molecule has 112 valence electrons. The van der Waals surface area contributed by atoms with E-state index in [1.54, 1.807) is 20.4 Å². The van der Waals surface area contributed by atoms with Gasteiger partial charge >= 0.3 is 0 Å². The van der Waals surface area contributed by atoms with Crippen LogP contribution >= 0.6 is 0 Å². The molecule has 0 saturated carbocycles. The van der Waals surface area contributed by atoms with Crippen molar-refractivity contribution in [2.24, 2.45) is 0 Å². The number of hydrogen-bond acceptors (Lipinski definition) is 7. The van der Waals surface area contributed by atoms with Gasteiger partial charge in [-0.05, 0) is 12.1 Å². The van der Waals surface area contributed by atoms with Crippen LogP contribution in [0.25, 0.3) is 0 Å². The molecule has 2 aromatic heterocycles. The lowest BCUT2D eigenvalue weighted by atomic mass is 10.2. The number of anilines is 2. The van der Waals surface area contributed by atoms with Crippen molar-refractivity contribution in [3.05, 3.63) is 30.2 Å². The van der Waals surface area contributed by atoms with Crippen molar-refractivity contribution in [3.8, 4) is 11.8 Å². The first-order valence-electron chi connectivity index (χ1n) is 6.45. The van der Waals surface area contributed by atoms with Gasteiger partial charge in [-0.1, -0.05) is 0 Å². The molecule has 0 amide bonds. The molecule has 0 radical (unpaired) electrons. The van der Waals surface area contributed by atoms with Crippen LogP contribution in [-0.4, -0.2) is 43.3 Å². The van der Waals surface area contributed by atoms with Gasteiger partial charge < -0.3 is 19.7 Å². The Kier molecular flexibility index (Phi) is 4.76. The van der Waals surface area contributed by atoms with Crippen LogP contribution in [0.1, 0.15) is 5.56 Å². The van der Waals surface area contributed by atoms with Crippen LogP contribution < -0.4 is 19.7 Å². The van der Waals surface area contributed by atoms with Gasteiger partial charge in [0.2, 0.25) is 11.8 Å². The number of methoxy groups -OCH3 is 2. The average Bonchev–Trinajstić information content (AvgIpc) is 2.52. The van der Waals surface area contributed by atoms with Crippen LogP contribution in [0.4, 0.5) is 11.5 Å². The Bertz CT molecular complexity index is 581. The molecule has 2 rings (SSSR count). The summed E-state index contributed by atoms with van der Waals surface area (Å²) in [5.74, 6) is 1.83. The zero-order valence-corrected chi connectivity index (χ0v) is 12.6. The quantitative estimate of drug-likeness (QED) is 0.865. The first-order chi connectivity index (χ1) is 10.2. The van der Waals surface area contributed by atoms with Crippen LogP contribution in [0, 0.1) is 0 Å². The molecule has 1 N–H and O–H groups in total. The maximum atomic E-state index is 5.26. The third kappa shape index (κ3) is 3.31. The summed E-state index contributed by atoms with van der Waals surface area (Å²) in [6, 6.07) is 3.84. The minimum atomic E-state index is 0.472. The van der Waals surface area contributed by atoms with Crippen LogP contribution in [0.3, 0.4) is 0 Å². The first-order valence-corrected chi connectivity index (χ1v) is 6.45. The normalized spacial score (nSPS) is 10.1. The molecule has 0 spiro atoms. The molecule has 0 unspecified atom stereocenters. The first kappa shape index (κ1) is 14.8. The minimum Gasteiger partial charge on any atom is -0.481 e. The summed E-state index contributed by atoms with van der Waals surface area (Å²) >= 11 is 0. The third-order valence-electron chi connectivity index (χ3n) is 2.92. The van der Waals surface area contributed by atoms with Gasteiger partial charge in [0, 0.05) is 20.3 Å². The third-order valence-corrected chi connectivity index (χ3v) is 2.92. The summed E-state index contributed by atoms with van der Waals surface area (Å²) < 4.78 is 10.5. The monoisotopic (exact) mass is 289 g/mol. The molecule has 7 heteroatoms. The Morgan fingerprint density at radius 1 is 1.10 bits per heavy atom. The van der Waals surface area contributed by atoms with E-state index in [4.69, 9.17) is 9.47 Å². The zero-order valence-electron chi connectivity index (χ0n) is 12.6. The van der Waals surface area contributed by atoms with Gasteiger partial charge in [0.05, 0.1) is 32.0 Å². The van der Waals surface area contributed by atoms with E-state index in [2.05, 4.69) is 20.3 Å². The maximum Gasteiger partial charge on any atom is 0.225 e. The number of hydrogen-bond donors (Lipinski definition) is 1. The zero-order chi connectivity index (χ0) is 15.2. The van der Waals surface area contributed by atoms with E-state index in [0.717, 1.165) is 17.1 Å². The standard InChI is InChI=1S/C14H19N5O2/c1-19(2)12-11(6-5-7-15-12)16-8-10-13(20-3)17-9-18-14(10)21-4/h5-7,9,16H,8H2,1-4H3. The molecule has 2 heterocycles. The van der Waals surface area contributed by atoms with E-state index in [1.165, 1.54) is 6.33 Å². The molecule has 0 aromatic carbocycles. The second-order valence-corrected chi connectivity index (χ2v) is 4.49. The van der Waals surface area contributed by atoms with E-state index in [1.807, 2.05) is 31.1 Å². The Morgan fingerprint density at radius 2 is 1.76 bits per heavy atom. The maximum absolute atomic E-state index is 5.26. The van der Waals surface area contributed by atoms with Gasteiger partial charge in [-0.15, -0.1) is 0 Å². The highest BCUT2D eigenvalue weighted by Gasteiger charge is 2.13. The topological polar surface area (TPSA) is 72.4 Å². The molecular formula is C14H19N5O2. The molecule has 0 bridgehead atoms. The number of aromatic nitrogens is 3. The van der Waals surface area contributed by atoms with Crippen LogP contribution in [0.2, 0.25) is 0 Å². The second kappa shape index (κ2) is 6.74. The molecule has 7 nitrogen and oxygen atoms in total. The van der Waals surface area contributed by atoms with Crippen molar-refractivity contribution in [2.45, 2.75) is 6.54 Å². The largest absolute Gasteiger partial charge is 0.481 e. The lowest BCUT2D eigenvalue weighted by Gasteiger charge is -2.17. The number of pyridine rings is 1. The SMILES string of the molecule is COc1ncnc(OC)c1CNc1cccnc1N(C)C. The predicted octanol–water partition coefficient (Wildman–Crippen LogP) is 1.57. The molecule has 0 aliphatic heterocycles. The van der Waals surface area contributed by atoms with Crippen molar-refractivity contribution in [2.75, 3.05) is 38.5 Å². The Labute approximate surface area is 124 Å². The summed E-state index contributed by atoms with van der Waals surface area (Å²) in [5, 5.41) is 3.32. The lowest BCUT2D eigenvalue weighted by molar-refractivity contribution is 0.363. The number of ether oxygens (including phenoxy) is 2. The number of rotatable bonds is 6. The van der Waals surface area contributed by atoms with Gasteiger partial charge in [-0.2, -0.15) is 0 Å². The molecule has 0 aliphatic rings. The Morgan fingerprint density at radius 3 is 2.33 bits per heavy atom. The van der Waals surface area contributed by atoms with Gasteiger partial charge in [0.15, 0.2) is 5.82 Å². The fourth-order valence-electron chi connectivity index (χ4n) is 1.96. The summed E-state index contributed by atoms with van der Waals surface area (Å²) in [7, 11) is 7.03. The van der Waals surface area contributed by atoms with Crippen LogP contribution in [-0.2, 0) is 6.54 Å². The van der Waals surface area contributed by atoms with Crippen molar-refractivity contribution >= 4 is 11.5 Å². The van der Waals surface area contributed by atoms with Crippen molar-refractivity contribution < 1.29 is 9.47 Å². The van der Waals surface area contributed by atoms with E-state index in [-0.39, 0.29) is 0 Å². The van der Waals surface area contributed by atoms with Crippen LogP contribution in [0.15, 0.2) is 24.7 Å². The fourth-order valence-corrected chi connectivity index (χ4v) is 1.96. The molecule has 0 aliphatic carbocycles. The van der Waals surface area contributed by atoms with Gasteiger partial charge in [0.1, 0.15) is 6.33 Å². The van der Waals surface area contributed by atoms with Crippen LogP contribution in [0.5, 0.6) is 11.8 Å². The predicted molar refractivity (Wildman–Crippen MR) is 81.0 cm³/mol. The van der Waals surface area contributed by atoms with E-state index in [0.29, 0.717) is 18.3 Å². The molecule has 0 fully saturated rings. The average molecular weight is 289 g/mol. The smallest absolute Gasteiger partial charge is 0.225 e. The van der Waals surface area contributed by atoms with E-state index < -0.39 is 0 Å². The molecule has 21 heavy (non-hydrogen) atoms. The summed E-state index contributed by atoms with van der Waals surface area (Å²) in [6.07, 6.45) is 3.17. The van der Waals surface area contributed by atoms with Crippen molar-refractivity contribution in [1.29, 1.82) is 0 Å². The number of nitrogens with zero attached hydrogens (tertiary/aromatic N) is 4. The summed E-state index contributed by atoms with van der Waals surface area (Å²) in [5.41, 5.74) is 1.67. The van der Waals surface area contributed by atoms with Gasteiger partial charge in [0.25, 0.3) is 0 Å². The molecule has 2 aromatic rings. The second-order valence-electron chi connectivity index (χ2n) is 4.49. The highest BCUT2D eigenvalue weighted by atomic mass is 16.5. The van der Waals surface area contributed by atoms with E-state index in [9.17, 15) is 0 Å². The van der Waals surface area contributed by atoms with Crippen molar-refractivity contribution in [3.63, 3.8) is 0 Å². The van der Waals surface area contributed by atoms with Gasteiger partial charge in [-0.25, -0.2) is 15.0 Å². The Balaban J connectivity index is 2.24. The lowest BCUT2D eigenvalue weighted by Crippen LogP contribution is -2.14. The minimum absolute atomic E-state index is 0.472. The van der Waals surface area contributed by atoms with E-state index >= 15 is 0 Å². The highest BCUT2D eigenvalue weighted by molar-refractivity contribution is 5.65. The van der Waals surface area contributed by atoms with Gasteiger partial charge in [-0.3, -0.25) is 0 Å². The molecular weight excluding hydrogens is 270 g/mol. The van der Waals surface area contributed by atoms with Crippen molar-refractivity contribution in [1.82, 2.24) is 15.0 Å². The molecule has 0 atom stereocenters. The fraction of sp³-hybridized carbons (Fsp3) is 0.357. The summed E-state index contributed by atoms with van der Waals surface area (Å²) in [6.45, 7) is 0.472.